The van der Waals surface area contributed by atoms with Crippen LogP contribution in [-0.4, -0.2) is 29.9 Å². The van der Waals surface area contributed by atoms with E-state index < -0.39 is 11.6 Å². The van der Waals surface area contributed by atoms with Crippen molar-refractivity contribution in [1.82, 2.24) is 10.2 Å². The molecule has 0 radical (unpaired) electrons. The molecule has 114 valence electrons. The topological polar surface area (TPSA) is 32.3 Å². The third-order valence-corrected chi connectivity index (χ3v) is 4.27. The molecule has 1 N–H and O–H groups in total. The first-order chi connectivity index (χ1) is 10.1. The summed E-state index contributed by atoms with van der Waals surface area (Å²) < 4.78 is 26.8. The quantitative estimate of drug-likeness (QED) is 0.925. The van der Waals surface area contributed by atoms with E-state index in [1.807, 2.05) is 0 Å². The number of carbonyl (C=O) groups excluding carboxylic acids is 1. The third-order valence-electron chi connectivity index (χ3n) is 4.27. The van der Waals surface area contributed by atoms with Gasteiger partial charge in [0.2, 0.25) is 5.91 Å². The SMILES string of the molecule is O=C(C1CCCNC1)N(Cc1ccc(F)cc1F)C1CC1. The molecule has 1 aliphatic heterocycles. The van der Waals surface area contributed by atoms with E-state index in [2.05, 4.69) is 5.32 Å². The monoisotopic (exact) mass is 294 g/mol. The lowest BCUT2D eigenvalue weighted by molar-refractivity contribution is -0.137. The fourth-order valence-electron chi connectivity index (χ4n) is 2.90. The summed E-state index contributed by atoms with van der Waals surface area (Å²) >= 11 is 0. The van der Waals surface area contributed by atoms with Crippen molar-refractivity contribution in [3.05, 3.63) is 35.4 Å². The maximum absolute atomic E-state index is 13.8. The second-order valence-electron chi connectivity index (χ2n) is 5.98. The van der Waals surface area contributed by atoms with E-state index in [-0.39, 0.29) is 24.4 Å². The Balaban J connectivity index is 1.73. The van der Waals surface area contributed by atoms with Crippen molar-refractivity contribution in [3.8, 4) is 0 Å². The molecule has 0 aromatic heterocycles. The number of benzene rings is 1. The molecule has 1 aromatic carbocycles. The van der Waals surface area contributed by atoms with Crippen LogP contribution in [-0.2, 0) is 11.3 Å². The molecule has 0 spiro atoms. The van der Waals surface area contributed by atoms with E-state index in [0.717, 1.165) is 38.3 Å². The van der Waals surface area contributed by atoms with Crippen molar-refractivity contribution in [2.75, 3.05) is 13.1 Å². The lowest BCUT2D eigenvalue weighted by atomic mass is 9.97. The van der Waals surface area contributed by atoms with E-state index >= 15 is 0 Å². The normalized spacial score (nSPS) is 22.1. The van der Waals surface area contributed by atoms with E-state index in [1.54, 1.807) is 4.90 Å². The Bertz CT molecular complexity index is 525. The summed E-state index contributed by atoms with van der Waals surface area (Å²) in [6.07, 6.45) is 3.85. The summed E-state index contributed by atoms with van der Waals surface area (Å²) in [5.41, 5.74) is 0.389. The van der Waals surface area contributed by atoms with Gasteiger partial charge in [-0.05, 0) is 38.3 Å². The van der Waals surface area contributed by atoms with Crippen molar-refractivity contribution in [2.24, 2.45) is 5.92 Å². The lowest BCUT2D eigenvalue weighted by Gasteiger charge is -2.30. The van der Waals surface area contributed by atoms with E-state index in [0.29, 0.717) is 12.1 Å². The van der Waals surface area contributed by atoms with E-state index in [4.69, 9.17) is 0 Å². The first-order valence-electron chi connectivity index (χ1n) is 7.60. The summed E-state index contributed by atoms with van der Waals surface area (Å²) in [6.45, 7) is 1.90. The summed E-state index contributed by atoms with van der Waals surface area (Å²) in [7, 11) is 0. The second-order valence-corrected chi connectivity index (χ2v) is 5.98. The van der Waals surface area contributed by atoms with Gasteiger partial charge in [-0.1, -0.05) is 6.07 Å². The van der Waals surface area contributed by atoms with Gasteiger partial charge in [-0.3, -0.25) is 4.79 Å². The van der Waals surface area contributed by atoms with Crippen LogP contribution in [0.15, 0.2) is 18.2 Å². The standard InChI is InChI=1S/C16H20F2N2O/c17-13-4-3-12(15(18)8-13)10-20(14-5-6-14)16(21)11-2-1-7-19-9-11/h3-4,8,11,14,19H,1-2,5-7,9-10H2. The maximum atomic E-state index is 13.8. The maximum Gasteiger partial charge on any atom is 0.227 e. The minimum absolute atomic E-state index is 0.0112. The Morgan fingerprint density at radius 2 is 2.10 bits per heavy atom. The van der Waals surface area contributed by atoms with Crippen LogP contribution >= 0.6 is 0 Å². The predicted molar refractivity (Wildman–Crippen MR) is 75.5 cm³/mol. The van der Waals surface area contributed by atoms with Crippen LogP contribution in [0.3, 0.4) is 0 Å². The number of rotatable bonds is 4. The summed E-state index contributed by atoms with van der Waals surface area (Å²) in [5.74, 6) is -1.07. The molecular formula is C16H20F2N2O. The molecule has 1 heterocycles. The Hall–Kier alpha value is -1.49. The fraction of sp³-hybridized carbons (Fsp3) is 0.562. The minimum Gasteiger partial charge on any atom is -0.335 e. The Morgan fingerprint density at radius 1 is 1.29 bits per heavy atom. The zero-order valence-electron chi connectivity index (χ0n) is 11.9. The molecule has 3 nitrogen and oxygen atoms in total. The molecule has 3 rings (SSSR count). The number of carbonyl (C=O) groups is 1. The van der Waals surface area contributed by atoms with Crippen LogP contribution in [0.1, 0.15) is 31.2 Å². The van der Waals surface area contributed by atoms with Gasteiger partial charge < -0.3 is 10.2 Å². The molecular weight excluding hydrogens is 274 g/mol. The zero-order valence-corrected chi connectivity index (χ0v) is 11.9. The van der Waals surface area contributed by atoms with Crippen LogP contribution in [0, 0.1) is 17.6 Å². The molecule has 0 bridgehead atoms. The van der Waals surface area contributed by atoms with Crippen molar-refractivity contribution >= 4 is 5.91 Å². The molecule has 1 amide bonds. The number of halogens is 2. The van der Waals surface area contributed by atoms with Gasteiger partial charge in [0.25, 0.3) is 0 Å². The van der Waals surface area contributed by atoms with Gasteiger partial charge >= 0.3 is 0 Å². The lowest BCUT2D eigenvalue weighted by Crippen LogP contribution is -2.43. The van der Waals surface area contributed by atoms with Gasteiger partial charge in [-0.2, -0.15) is 0 Å². The van der Waals surface area contributed by atoms with Crippen LogP contribution in [0.2, 0.25) is 0 Å². The fourth-order valence-corrected chi connectivity index (χ4v) is 2.90. The zero-order chi connectivity index (χ0) is 14.8. The van der Waals surface area contributed by atoms with Crippen molar-refractivity contribution in [3.63, 3.8) is 0 Å². The van der Waals surface area contributed by atoms with Gasteiger partial charge in [-0.15, -0.1) is 0 Å². The minimum atomic E-state index is -0.586. The number of hydrogen-bond acceptors (Lipinski definition) is 2. The van der Waals surface area contributed by atoms with Gasteiger partial charge in [-0.25, -0.2) is 8.78 Å². The summed E-state index contributed by atoms with van der Waals surface area (Å²) in [4.78, 5) is 14.4. The highest BCUT2D eigenvalue weighted by Gasteiger charge is 2.36. The molecule has 1 saturated heterocycles. The first-order valence-corrected chi connectivity index (χ1v) is 7.60. The highest BCUT2D eigenvalue weighted by molar-refractivity contribution is 5.79. The largest absolute Gasteiger partial charge is 0.335 e. The molecule has 1 unspecified atom stereocenters. The van der Waals surface area contributed by atoms with Crippen molar-refractivity contribution < 1.29 is 13.6 Å². The van der Waals surface area contributed by atoms with E-state index in [1.165, 1.54) is 12.1 Å². The van der Waals surface area contributed by atoms with Gasteiger partial charge in [0.15, 0.2) is 0 Å². The Labute approximate surface area is 123 Å². The van der Waals surface area contributed by atoms with Crippen LogP contribution < -0.4 is 5.32 Å². The number of hydrogen-bond donors (Lipinski definition) is 1. The number of nitrogens with one attached hydrogen (secondary N) is 1. The molecule has 1 atom stereocenters. The number of amides is 1. The number of nitrogens with zero attached hydrogens (tertiary/aromatic N) is 1. The second kappa shape index (κ2) is 6.10. The molecule has 21 heavy (non-hydrogen) atoms. The van der Waals surface area contributed by atoms with E-state index in [9.17, 15) is 13.6 Å². The molecule has 1 aromatic rings. The molecule has 2 fully saturated rings. The highest BCUT2D eigenvalue weighted by Crippen LogP contribution is 2.31. The number of piperidine rings is 1. The molecule has 2 aliphatic rings. The van der Waals surface area contributed by atoms with Gasteiger partial charge in [0.1, 0.15) is 11.6 Å². The summed E-state index contributed by atoms with van der Waals surface area (Å²) in [6, 6.07) is 3.79. The predicted octanol–water partition coefficient (Wildman–Crippen LogP) is 2.46. The summed E-state index contributed by atoms with van der Waals surface area (Å²) in [5, 5.41) is 3.24. The smallest absolute Gasteiger partial charge is 0.227 e. The van der Waals surface area contributed by atoms with Gasteiger partial charge in [0, 0.05) is 30.8 Å². The van der Waals surface area contributed by atoms with Crippen LogP contribution in [0.25, 0.3) is 0 Å². The Morgan fingerprint density at radius 3 is 2.71 bits per heavy atom. The Kier molecular flexibility index (Phi) is 4.19. The third kappa shape index (κ3) is 3.40. The average molecular weight is 294 g/mol. The van der Waals surface area contributed by atoms with Crippen molar-refractivity contribution in [1.29, 1.82) is 0 Å². The molecule has 1 saturated carbocycles. The van der Waals surface area contributed by atoms with Crippen molar-refractivity contribution in [2.45, 2.75) is 38.3 Å². The molecule has 1 aliphatic carbocycles. The van der Waals surface area contributed by atoms with Crippen LogP contribution in [0.5, 0.6) is 0 Å². The first kappa shape index (κ1) is 14.4. The molecule has 5 heteroatoms. The van der Waals surface area contributed by atoms with Gasteiger partial charge in [0.05, 0.1) is 5.92 Å². The van der Waals surface area contributed by atoms with Crippen LogP contribution in [0.4, 0.5) is 8.78 Å². The highest BCUT2D eigenvalue weighted by atomic mass is 19.1. The average Bonchev–Trinajstić information content (AvgIpc) is 3.31.